The van der Waals surface area contributed by atoms with Crippen molar-refractivity contribution < 1.29 is 9.47 Å². The van der Waals surface area contributed by atoms with E-state index in [0.717, 1.165) is 23.3 Å². The standard InChI is InChI=1S/C17H25NO2/c1-11-5-4-6-15(12(11)2)18-13(3)14-7-8-16-17(9-14)20-10-19-16/h7-9,11-13,15,18H,4-6,10H2,1-3H3. The molecular weight excluding hydrogens is 250 g/mol. The second-order valence-corrected chi connectivity index (χ2v) is 6.37. The van der Waals surface area contributed by atoms with Gasteiger partial charge in [-0.1, -0.05) is 32.8 Å². The van der Waals surface area contributed by atoms with Crippen molar-refractivity contribution in [1.82, 2.24) is 5.32 Å². The summed E-state index contributed by atoms with van der Waals surface area (Å²) in [5.41, 5.74) is 1.28. The van der Waals surface area contributed by atoms with Crippen LogP contribution in [0.3, 0.4) is 0 Å². The Hall–Kier alpha value is -1.22. The molecule has 110 valence electrons. The van der Waals surface area contributed by atoms with Crippen molar-refractivity contribution in [3.8, 4) is 11.5 Å². The molecule has 0 bridgehead atoms. The van der Waals surface area contributed by atoms with Gasteiger partial charge < -0.3 is 14.8 Å². The summed E-state index contributed by atoms with van der Waals surface area (Å²) >= 11 is 0. The van der Waals surface area contributed by atoms with Gasteiger partial charge in [0.15, 0.2) is 11.5 Å². The predicted octanol–water partition coefficient (Wildman–Crippen LogP) is 3.89. The van der Waals surface area contributed by atoms with Crippen LogP contribution in [-0.2, 0) is 0 Å². The van der Waals surface area contributed by atoms with Crippen LogP contribution >= 0.6 is 0 Å². The van der Waals surface area contributed by atoms with E-state index in [2.05, 4.69) is 38.2 Å². The molecule has 0 amide bonds. The van der Waals surface area contributed by atoms with Crippen LogP contribution in [0.15, 0.2) is 18.2 Å². The Morgan fingerprint density at radius 3 is 2.80 bits per heavy atom. The maximum absolute atomic E-state index is 5.47. The molecule has 0 aromatic heterocycles. The summed E-state index contributed by atoms with van der Waals surface area (Å²) in [6.07, 6.45) is 4.01. The molecule has 4 unspecified atom stereocenters. The largest absolute Gasteiger partial charge is 0.454 e. The minimum atomic E-state index is 0.345. The van der Waals surface area contributed by atoms with Crippen molar-refractivity contribution in [3.63, 3.8) is 0 Å². The Labute approximate surface area is 121 Å². The van der Waals surface area contributed by atoms with Gasteiger partial charge in [-0.3, -0.25) is 0 Å². The van der Waals surface area contributed by atoms with Gasteiger partial charge in [-0.15, -0.1) is 0 Å². The summed E-state index contributed by atoms with van der Waals surface area (Å²) in [6.45, 7) is 7.35. The fourth-order valence-electron chi connectivity index (χ4n) is 3.42. The average Bonchev–Trinajstić information content (AvgIpc) is 2.91. The molecule has 0 spiro atoms. The molecule has 1 aliphatic carbocycles. The fraction of sp³-hybridized carbons (Fsp3) is 0.647. The minimum Gasteiger partial charge on any atom is -0.454 e. The van der Waals surface area contributed by atoms with Crippen molar-refractivity contribution in [2.75, 3.05) is 6.79 Å². The molecule has 1 fully saturated rings. The highest BCUT2D eigenvalue weighted by Gasteiger charge is 2.28. The number of ether oxygens (including phenoxy) is 2. The summed E-state index contributed by atoms with van der Waals surface area (Å²) in [4.78, 5) is 0. The lowest BCUT2D eigenvalue weighted by atomic mass is 9.77. The van der Waals surface area contributed by atoms with E-state index in [0.29, 0.717) is 18.9 Å². The van der Waals surface area contributed by atoms with E-state index in [4.69, 9.17) is 9.47 Å². The van der Waals surface area contributed by atoms with Crippen LogP contribution in [-0.4, -0.2) is 12.8 Å². The van der Waals surface area contributed by atoms with Gasteiger partial charge in [0, 0.05) is 12.1 Å². The van der Waals surface area contributed by atoms with Gasteiger partial charge >= 0.3 is 0 Å². The quantitative estimate of drug-likeness (QED) is 0.907. The first-order valence-electron chi connectivity index (χ1n) is 7.80. The van der Waals surface area contributed by atoms with Gasteiger partial charge in [-0.2, -0.15) is 0 Å². The minimum absolute atomic E-state index is 0.345. The van der Waals surface area contributed by atoms with Crippen molar-refractivity contribution in [2.24, 2.45) is 11.8 Å². The molecule has 2 aliphatic rings. The third-order valence-corrected chi connectivity index (χ3v) is 5.07. The molecule has 1 saturated carbocycles. The molecule has 1 heterocycles. The second-order valence-electron chi connectivity index (χ2n) is 6.37. The lowest BCUT2D eigenvalue weighted by Crippen LogP contribution is -2.41. The maximum Gasteiger partial charge on any atom is 0.231 e. The smallest absolute Gasteiger partial charge is 0.231 e. The van der Waals surface area contributed by atoms with Crippen LogP contribution in [0.2, 0.25) is 0 Å². The van der Waals surface area contributed by atoms with Crippen LogP contribution in [0.4, 0.5) is 0 Å². The average molecular weight is 275 g/mol. The maximum atomic E-state index is 5.47. The normalized spacial score (nSPS) is 30.2. The van der Waals surface area contributed by atoms with E-state index in [9.17, 15) is 0 Å². The molecular formula is C17H25NO2. The summed E-state index contributed by atoms with van der Waals surface area (Å²) < 4.78 is 10.8. The lowest BCUT2D eigenvalue weighted by molar-refractivity contribution is 0.174. The Balaban J connectivity index is 1.68. The van der Waals surface area contributed by atoms with E-state index in [1.165, 1.54) is 24.8 Å². The summed E-state index contributed by atoms with van der Waals surface area (Å²) in [5, 5.41) is 3.81. The Morgan fingerprint density at radius 1 is 1.15 bits per heavy atom. The summed E-state index contributed by atoms with van der Waals surface area (Å²) in [5.74, 6) is 3.31. The topological polar surface area (TPSA) is 30.5 Å². The van der Waals surface area contributed by atoms with Crippen LogP contribution < -0.4 is 14.8 Å². The molecule has 4 atom stereocenters. The van der Waals surface area contributed by atoms with Crippen LogP contribution in [0.5, 0.6) is 11.5 Å². The van der Waals surface area contributed by atoms with Crippen molar-refractivity contribution in [3.05, 3.63) is 23.8 Å². The molecule has 20 heavy (non-hydrogen) atoms. The number of benzene rings is 1. The molecule has 3 heteroatoms. The predicted molar refractivity (Wildman–Crippen MR) is 80.1 cm³/mol. The number of nitrogens with one attached hydrogen (secondary N) is 1. The highest BCUT2D eigenvalue weighted by atomic mass is 16.7. The van der Waals surface area contributed by atoms with E-state index >= 15 is 0 Å². The third-order valence-electron chi connectivity index (χ3n) is 5.07. The molecule has 3 rings (SSSR count). The first-order chi connectivity index (χ1) is 9.65. The third kappa shape index (κ3) is 2.64. The van der Waals surface area contributed by atoms with Crippen molar-refractivity contribution >= 4 is 0 Å². The van der Waals surface area contributed by atoms with Gasteiger partial charge in [-0.25, -0.2) is 0 Å². The van der Waals surface area contributed by atoms with Gasteiger partial charge in [0.2, 0.25) is 6.79 Å². The zero-order valence-corrected chi connectivity index (χ0v) is 12.7. The van der Waals surface area contributed by atoms with Crippen LogP contribution in [0.1, 0.15) is 51.6 Å². The van der Waals surface area contributed by atoms with Crippen LogP contribution in [0.25, 0.3) is 0 Å². The summed E-state index contributed by atoms with van der Waals surface area (Å²) in [7, 11) is 0. The Kier molecular flexibility index (Phi) is 3.88. The molecule has 3 nitrogen and oxygen atoms in total. The van der Waals surface area contributed by atoms with E-state index in [-0.39, 0.29) is 0 Å². The van der Waals surface area contributed by atoms with Gasteiger partial charge in [0.05, 0.1) is 0 Å². The fourth-order valence-corrected chi connectivity index (χ4v) is 3.42. The lowest BCUT2D eigenvalue weighted by Gasteiger charge is -2.36. The van der Waals surface area contributed by atoms with E-state index < -0.39 is 0 Å². The Morgan fingerprint density at radius 2 is 1.95 bits per heavy atom. The first-order valence-corrected chi connectivity index (χ1v) is 7.80. The molecule has 0 saturated heterocycles. The second kappa shape index (κ2) is 5.65. The molecule has 0 radical (unpaired) electrons. The highest BCUT2D eigenvalue weighted by molar-refractivity contribution is 5.45. The zero-order valence-electron chi connectivity index (χ0n) is 12.7. The molecule has 1 aromatic rings. The number of rotatable bonds is 3. The molecule has 1 N–H and O–H groups in total. The molecule has 1 aromatic carbocycles. The number of fused-ring (bicyclic) bond motifs is 1. The zero-order chi connectivity index (χ0) is 14.1. The Bertz CT molecular complexity index is 474. The SMILES string of the molecule is CC(NC1CCCC(C)C1C)c1ccc2c(c1)OCO2. The first kappa shape index (κ1) is 13.7. The van der Waals surface area contributed by atoms with E-state index in [1.54, 1.807) is 0 Å². The number of hydrogen-bond donors (Lipinski definition) is 1. The van der Waals surface area contributed by atoms with E-state index in [1.807, 2.05) is 6.07 Å². The van der Waals surface area contributed by atoms with Gasteiger partial charge in [0.1, 0.15) is 0 Å². The summed E-state index contributed by atoms with van der Waals surface area (Å²) in [6, 6.07) is 7.24. The highest BCUT2D eigenvalue weighted by Crippen LogP contribution is 2.35. The number of hydrogen-bond acceptors (Lipinski definition) is 3. The molecule has 1 aliphatic heterocycles. The van der Waals surface area contributed by atoms with Crippen molar-refractivity contribution in [2.45, 2.75) is 52.1 Å². The monoisotopic (exact) mass is 275 g/mol. The van der Waals surface area contributed by atoms with Gasteiger partial charge in [0.25, 0.3) is 0 Å². The van der Waals surface area contributed by atoms with Crippen LogP contribution in [0, 0.1) is 11.8 Å². The van der Waals surface area contributed by atoms with Gasteiger partial charge in [-0.05, 0) is 42.9 Å². The van der Waals surface area contributed by atoms with Crippen molar-refractivity contribution in [1.29, 1.82) is 0 Å².